The van der Waals surface area contributed by atoms with Crippen LogP contribution in [0.25, 0.3) is 21.9 Å². The largest absolute Gasteiger partial charge is 0.464 e. The lowest BCUT2D eigenvalue weighted by atomic mass is 10.0. The molecule has 0 atom stereocenters. The molecule has 158 valence electrons. The molecule has 8 nitrogen and oxygen atoms in total. The van der Waals surface area contributed by atoms with Gasteiger partial charge in [-0.25, -0.2) is 4.79 Å². The maximum atomic E-state index is 12.5. The third-order valence-corrected chi connectivity index (χ3v) is 5.19. The fourth-order valence-corrected chi connectivity index (χ4v) is 3.45. The summed E-state index contributed by atoms with van der Waals surface area (Å²) in [6, 6.07) is 6.82. The van der Waals surface area contributed by atoms with Crippen molar-refractivity contribution in [1.29, 1.82) is 0 Å². The summed E-state index contributed by atoms with van der Waals surface area (Å²) in [5, 5.41) is 7.13. The second kappa shape index (κ2) is 8.43. The van der Waals surface area contributed by atoms with Crippen molar-refractivity contribution >= 4 is 33.8 Å². The third-order valence-electron chi connectivity index (χ3n) is 5.19. The maximum Gasteiger partial charge on any atom is 0.340 e. The summed E-state index contributed by atoms with van der Waals surface area (Å²) < 4.78 is 10.9. The van der Waals surface area contributed by atoms with Crippen LogP contribution in [0.15, 0.2) is 56.6 Å². The van der Waals surface area contributed by atoms with E-state index in [0.717, 1.165) is 16.3 Å². The molecule has 0 bridgehead atoms. The van der Waals surface area contributed by atoms with Crippen LogP contribution in [-0.4, -0.2) is 29.9 Å². The molecule has 0 fully saturated rings. The minimum absolute atomic E-state index is 0.106. The fraction of sp³-hybridized carbons (Fsp3) is 0.217. The van der Waals surface area contributed by atoms with Crippen LogP contribution in [0.5, 0.6) is 0 Å². The van der Waals surface area contributed by atoms with Gasteiger partial charge in [-0.05, 0) is 43.2 Å². The Hall–Kier alpha value is -3.94. The van der Waals surface area contributed by atoms with Gasteiger partial charge in [0.15, 0.2) is 0 Å². The first-order valence-corrected chi connectivity index (χ1v) is 9.83. The number of fused-ring (bicyclic) bond motifs is 2. The van der Waals surface area contributed by atoms with E-state index in [-0.39, 0.29) is 31.3 Å². The highest BCUT2D eigenvalue weighted by Crippen LogP contribution is 2.28. The zero-order valence-corrected chi connectivity index (χ0v) is 17.2. The summed E-state index contributed by atoms with van der Waals surface area (Å²) in [5.74, 6) is -0.572. The Morgan fingerprint density at radius 3 is 2.52 bits per heavy atom. The van der Waals surface area contributed by atoms with Crippen LogP contribution >= 0.6 is 0 Å². The van der Waals surface area contributed by atoms with Crippen LogP contribution in [0.1, 0.15) is 27.0 Å². The van der Waals surface area contributed by atoms with Gasteiger partial charge >= 0.3 is 5.63 Å². The van der Waals surface area contributed by atoms with Crippen LogP contribution in [0.2, 0.25) is 0 Å². The van der Waals surface area contributed by atoms with Gasteiger partial charge in [0.05, 0.1) is 18.2 Å². The van der Waals surface area contributed by atoms with E-state index in [4.69, 9.17) is 8.83 Å². The Labute approximate surface area is 177 Å². The van der Waals surface area contributed by atoms with E-state index >= 15 is 0 Å². The van der Waals surface area contributed by atoms with Gasteiger partial charge in [-0.2, -0.15) is 0 Å². The number of amides is 2. The van der Waals surface area contributed by atoms with Crippen molar-refractivity contribution < 1.29 is 18.4 Å². The molecule has 4 rings (SSSR count). The van der Waals surface area contributed by atoms with Gasteiger partial charge < -0.3 is 19.5 Å². The molecular formula is C23H21N3O5. The quantitative estimate of drug-likeness (QED) is 0.367. The molecular weight excluding hydrogens is 398 g/mol. The summed E-state index contributed by atoms with van der Waals surface area (Å²) >= 11 is 0. The molecule has 3 aromatic heterocycles. The number of aromatic nitrogens is 1. The second-order valence-corrected chi connectivity index (χ2v) is 7.27. The number of benzene rings is 1. The van der Waals surface area contributed by atoms with Crippen LogP contribution in [0.4, 0.5) is 0 Å². The van der Waals surface area contributed by atoms with Gasteiger partial charge in [-0.3, -0.25) is 14.6 Å². The molecule has 0 saturated heterocycles. The number of aryl methyl sites for hydroxylation is 2. The molecule has 0 aliphatic heterocycles. The SMILES string of the molecule is Cc1coc2cc3oc(=O)c(CC(=O)NCCNC(=O)c4ccncc4)c(C)c3cc12. The van der Waals surface area contributed by atoms with E-state index in [2.05, 4.69) is 15.6 Å². The highest BCUT2D eigenvalue weighted by Gasteiger charge is 2.16. The number of nitrogens with zero attached hydrogens (tertiary/aromatic N) is 1. The van der Waals surface area contributed by atoms with Crippen molar-refractivity contribution in [2.45, 2.75) is 20.3 Å². The van der Waals surface area contributed by atoms with Crippen molar-refractivity contribution in [2.75, 3.05) is 13.1 Å². The monoisotopic (exact) mass is 419 g/mol. The lowest BCUT2D eigenvalue weighted by Gasteiger charge is -2.09. The Balaban J connectivity index is 1.42. The molecule has 8 heteroatoms. The first-order chi connectivity index (χ1) is 14.9. The molecule has 31 heavy (non-hydrogen) atoms. The van der Waals surface area contributed by atoms with Crippen LogP contribution in [0.3, 0.4) is 0 Å². The summed E-state index contributed by atoms with van der Waals surface area (Å²) in [4.78, 5) is 40.7. The molecule has 4 aromatic rings. The molecule has 0 unspecified atom stereocenters. The number of nitrogens with one attached hydrogen (secondary N) is 2. The highest BCUT2D eigenvalue weighted by molar-refractivity contribution is 5.97. The van der Waals surface area contributed by atoms with E-state index in [0.29, 0.717) is 27.9 Å². The third kappa shape index (κ3) is 4.18. The average molecular weight is 419 g/mol. The van der Waals surface area contributed by atoms with Gasteiger partial charge in [-0.15, -0.1) is 0 Å². The van der Waals surface area contributed by atoms with Gasteiger partial charge in [0.2, 0.25) is 5.91 Å². The Bertz CT molecular complexity index is 1340. The van der Waals surface area contributed by atoms with Crippen molar-refractivity contribution in [1.82, 2.24) is 15.6 Å². The van der Waals surface area contributed by atoms with E-state index in [1.165, 1.54) is 12.4 Å². The number of hydrogen-bond donors (Lipinski definition) is 2. The molecule has 0 aliphatic rings. The van der Waals surface area contributed by atoms with Crippen molar-refractivity contribution in [2.24, 2.45) is 0 Å². The van der Waals surface area contributed by atoms with Gasteiger partial charge in [-0.1, -0.05) is 0 Å². The predicted molar refractivity (Wildman–Crippen MR) is 115 cm³/mol. The minimum atomic E-state index is -0.547. The number of furan rings is 1. The summed E-state index contributed by atoms with van der Waals surface area (Å²) in [6.07, 6.45) is 4.61. The summed E-state index contributed by atoms with van der Waals surface area (Å²) in [7, 11) is 0. The summed E-state index contributed by atoms with van der Waals surface area (Å²) in [6.45, 7) is 4.24. The number of pyridine rings is 1. The van der Waals surface area contributed by atoms with E-state index in [1.807, 2.05) is 13.0 Å². The smallest absolute Gasteiger partial charge is 0.340 e. The molecule has 2 N–H and O–H groups in total. The number of hydrogen-bond acceptors (Lipinski definition) is 6. The topological polar surface area (TPSA) is 114 Å². The molecule has 0 saturated carbocycles. The van der Waals surface area contributed by atoms with Crippen molar-refractivity contribution in [3.05, 3.63) is 75.6 Å². The minimum Gasteiger partial charge on any atom is -0.464 e. The van der Waals surface area contributed by atoms with Gasteiger partial charge in [0.25, 0.3) is 5.91 Å². The molecule has 0 aliphatic carbocycles. The van der Waals surface area contributed by atoms with Crippen molar-refractivity contribution in [3.63, 3.8) is 0 Å². The summed E-state index contributed by atoms with van der Waals surface area (Å²) in [5.41, 5.74) is 3.01. The molecule has 1 aromatic carbocycles. The fourth-order valence-electron chi connectivity index (χ4n) is 3.45. The van der Waals surface area contributed by atoms with E-state index in [1.54, 1.807) is 31.4 Å². The van der Waals surface area contributed by atoms with Crippen LogP contribution in [0, 0.1) is 13.8 Å². The lowest BCUT2D eigenvalue weighted by Crippen LogP contribution is -2.36. The Morgan fingerprint density at radius 2 is 1.74 bits per heavy atom. The molecule has 3 heterocycles. The highest BCUT2D eigenvalue weighted by atomic mass is 16.4. The first kappa shape index (κ1) is 20.3. The standard InChI is InChI=1S/C23H21N3O5/c1-13-12-30-19-11-20-17(9-16(13)19)14(2)18(23(29)31-20)10-21(27)25-7-8-26-22(28)15-3-5-24-6-4-15/h3-6,9,11-12H,7-8,10H2,1-2H3,(H,25,27)(H,26,28). The second-order valence-electron chi connectivity index (χ2n) is 7.27. The Kier molecular flexibility index (Phi) is 5.53. The lowest BCUT2D eigenvalue weighted by molar-refractivity contribution is -0.120. The zero-order chi connectivity index (χ0) is 22.0. The molecule has 0 radical (unpaired) electrons. The van der Waals surface area contributed by atoms with Crippen molar-refractivity contribution in [3.8, 4) is 0 Å². The average Bonchev–Trinajstić information content (AvgIpc) is 3.13. The normalized spacial score (nSPS) is 11.0. The van der Waals surface area contributed by atoms with Crippen LogP contribution < -0.4 is 16.3 Å². The molecule has 2 amide bonds. The maximum absolute atomic E-state index is 12.5. The zero-order valence-electron chi connectivity index (χ0n) is 17.2. The van der Waals surface area contributed by atoms with E-state index in [9.17, 15) is 14.4 Å². The number of carbonyl (C=O) groups is 2. The van der Waals surface area contributed by atoms with Gasteiger partial charge in [0, 0.05) is 47.9 Å². The first-order valence-electron chi connectivity index (χ1n) is 9.83. The van der Waals surface area contributed by atoms with Crippen LogP contribution in [-0.2, 0) is 11.2 Å². The van der Waals surface area contributed by atoms with Gasteiger partial charge in [0.1, 0.15) is 11.2 Å². The number of carbonyl (C=O) groups excluding carboxylic acids is 2. The predicted octanol–water partition coefficient (Wildman–Crippen LogP) is 2.64. The molecule has 0 spiro atoms. The van der Waals surface area contributed by atoms with E-state index < -0.39 is 5.63 Å². The Morgan fingerprint density at radius 1 is 1.00 bits per heavy atom. The number of rotatable bonds is 6.